The van der Waals surface area contributed by atoms with Gasteiger partial charge in [-0.3, -0.25) is 4.79 Å². The number of hydrogen-bond acceptors (Lipinski definition) is 5. The highest BCUT2D eigenvalue weighted by Crippen LogP contribution is 2.26. The average molecular weight is 243 g/mol. The molecule has 0 aliphatic carbocycles. The van der Waals surface area contributed by atoms with Crippen LogP contribution in [-0.4, -0.2) is 23.5 Å². The summed E-state index contributed by atoms with van der Waals surface area (Å²) in [4.78, 5) is 15.3. The van der Waals surface area contributed by atoms with Crippen LogP contribution in [0.25, 0.3) is 0 Å². The van der Waals surface area contributed by atoms with E-state index in [1.54, 1.807) is 0 Å². The molecule has 0 aromatic carbocycles. The highest BCUT2D eigenvalue weighted by atomic mass is 35.5. The fourth-order valence-corrected chi connectivity index (χ4v) is 2.34. The summed E-state index contributed by atoms with van der Waals surface area (Å²) in [5.41, 5.74) is 0. The average Bonchev–Trinajstić information content (AvgIpc) is 2.73. The minimum absolute atomic E-state index is 0.0238. The van der Waals surface area contributed by atoms with Gasteiger partial charge in [-0.05, 0) is 0 Å². The number of aromatic nitrogens is 1. The van der Waals surface area contributed by atoms with Crippen LogP contribution in [0, 0.1) is 11.3 Å². The van der Waals surface area contributed by atoms with Crippen LogP contribution in [-0.2, 0) is 4.79 Å². The molecule has 7 heteroatoms. The van der Waals surface area contributed by atoms with Crippen molar-refractivity contribution in [3.8, 4) is 6.07 Å². The molecule has 1 aliphatic heterocycles. The van der Waals surface area contributed by atoms with Crippen molar-refractivity contribution < 1.29 is 4.79 Å². The van der Waals surface area contributed by atoms with E-state index in [-0.39, 0.29) is 17.1 Å². The van der Waals surface area contributed by atoms with Crippen LogP contribution in [0.15, 0.2) is 0 Å². The lowest BCUT2D eigenvalue weighted by atomic mass is 10.3. The van der Waals surface area contributed by atoms with Crippen LogP contribution < -0.4 is 10.6 Å². The van der Waals surface area contributed by atoms with Gasteiger partial charge >= 0.3 is 0 Å². The molecule has 1 aromatic rings. The van der Waals surface area contributed by atoms with E-state index < -0.39 is 0 Å². The minimum Gasteiger partial charge on any atom is -0.356 e. The van der Waals surface area contributed by atoms with Gasteiger partial charge in [-0.1, -0.05) is 22.9 Å². The van der Waals surface area contributed by atoms with Gasteiger partial charge in [0.25, 0.3) is 0 Å². The first-order valence-corrected chi connectivity index (χ1v) is 5.48. The predicted molar refractivity (Wildman–Crippen MR) is 56.9 cm³/mol. The molecule has 2 N–H and O–H groups in total. The van der Waals surface area contributed by atoms with Gasteiger partial charge in [0.1, 0.15) is 10.9 Å². The molecule has 1 atom stereocenters. The molecule has 1 fully saturated rings. The summed E-state index contributed by atoms with van der Waals surface area (Å²) in [7, 11) is 0. The molecule has 1 saturated heterocycles. The number of nitrogens with one attached hydrogen (secondary N) is 2. The molecule has 0 saturated carbocycles. The standard InChI is InChI=1S/C8H7ClN4OS/c9-7-5(2-10)15-8(13-7)12-4-1-6(14)11-3-4/h4H,1,3H2,(H,11,14)(H,12,13). The number of rotatable bonds is 2. The second-order valence-corrected chi connectivity index (χ2v) is 4.46. The van der Waals surface area contributed by atoms with E-state index in [0.717, 1.165) is 0 Å². The Hall–Kier alpha value is -1.32. The van der Waals surface area contributed by atoms with Crippen molar-refractivity contribution in [3.05, 3.63) is 10.0 Å². The molecular formula is C8H7ClN4OS. The van der Waals surface area contributed by atoms with E-state index in [2.05, 4.69) is 15.6 Å². The van der Waals surface area contributed by atoms with Gasteiger partial charge in [-0.15, -0.1) is 0 Å². The monoisotopic (exact) mass is 242 g/mol. The minimum atomic E-state index is 0.0238. The maximum Gasteiger partial charge on any atom is 0.222 e. The smallest absolute Gasteiger partial charge is 0.222 e. The van der Waals surface area contributed by atoms with Crippen molar-refractivity contribution in [2.45, 2.75) is 12.5 Å². The van der Waals surface area contributed by atoms with Gasteiger partial charge in [0.2, 0.25) is 5.91 Å². The molecule has 0 radical (unpaired) electrons. The molecule has 0 spiro atoms. The fraction of sp³-hybridized carbons (Fsp3) is 0.375. The normalized spacial score (nSPS) is 19.7. The zero-order chi connectivity index (χ0) is 10.8. The second kappa shape index (κ2) is 4.04. The lowest BCUT2D eigenvalue weighted by molar-refractivity contribution is -0.119. The van der Waals surface area contributed by atoms with Crippen LogP contribution in [0.4, 0.5) is 5.13 Å². The van der Waals surface area contributed by atoms with E-state index in [4.69, 9.17) is 16.9 Å². The summed E-state index contributed by atoms with van der Waals surface area (Å²) in [6, 6.07) is 1.98. The molecule has 78 valence electrons. The maximum absolute atomic E-state index is 10.9. The fourth-order valence-electron chi connectivity index (χ4n) is 1.31. The first-order chi connectivity index (χ1) is 7.19. The summed E-state index contributed by atoms with van der Waals surface area (Å²) in [5.74, 6) is 0.0238. The van der Waals surface area contributed by atoms with Crippen molar-refractivity contribution in [2.24, 2.45) is 0 Å². The van der Waals surface area contributed by atoms with Crippen molar-refractivity contribution in [1.82, 2.24) is 10.3 Å². The molecule has 0 bridgehead atoms. The van der Waals surface area contributed by atoms with E-state index in [1.165, 1.54) is 11.3 Å². The van der Waals surface area contributed by atoms with Crippen molar-refractivity contribution in [1.29, 1.82) is 5.26 Å². The Labute approximate surface area is 95.1 Å². The zero-order valence-corrected chi connectivity index (χ0v) is 9.15. The summed E-state index contributed by atoms with van der Waals surface area (Å²) < 4.78 is 0. The molecule has 2 heterocycles. The molecule has 1 aliphatic rings. The number of anilines is 1. The Kier molecular flexibility index (Phi) is 2.75. The molecular weight excluding hydrogens is 236 g/mol. The Morgan fingerprint density at radius 1 is 1.73 bits per heavy atom. The summed E-state index contributed by atoms with van der Waals surface area (Å²) in [6.45, 7) is 0.581. The van der Waals surface area contributed by atoms with Crippen molar-refractivity contribution in [3.63, 3.8) is 0 Å². The van der Waals surface area contributed by atoms with Gasteiger partial charge in [0.05, 0.1) is 6.04 Å². The molecule has 1 unspecified atom stereocenters. The predicted octanol–water partition coefficient (Wildman–Crippen LogP) is 0.969. The molecule has 5 nitrogen and oxygen atoms in total. The van der Waals surface area contributed by atoms with Crippen LogP contribution >= 0.6 is 22.9 Å². The van der Waals surface area contributed by atoms with Gasteiger partial charge in [0, 0.05) is 13.0 Å². The SMILES string of the molecule is N#Cc1sc(NC2CNC(=O)C2)nc1Cl. The first-order valence-electron chi connectivity index (χ1n) is 4.28. The first kappa shape index (κ1) is 10.2. The van der Waals surface area contributed by atoms with Gasteiger partial charge in [-0.2, -0.15) is 5.26 Å². The largest absolute Gasteiger partial charge is 0.356 e. The number of nitriles is 1. The third kappa shape index (κ3) is 2.19. The second-order valence-electron chi connectivity index (χ2n) is 3.10. The third-order valence-electron chi connectivity index (χ3n) is 1.99. The molecule has 2 rings (SSSR count). The Bertz CT molecular complexity index is 438. The van der Waals surface area contributed by atoms with Gasteiger partial charge in [0.15, 0.2) is 10.3 Å². The van der Waals surface area contributed by atoms with Crippen molar-refractivity contribution in [2.75, 3.05) is 11.9 Å². The lowest BCUT2D eigenvalue weighted by Crippen LogP contribution is -2.22. The number of carbonyl (C=O) groups excluding carboxylic acids is 1. The van der Waals surface area contributed by atoms with Crippen LogP contribution in [0.2, 0.25) is 5.15 Å². The van der Waals surface area contributed by atoms with Gasteiger partial charge < -0.3 is 10.6 Å². The number of carbonyl (C=O) groups is 1. The van der Waals surface area contributed by atoms with E-state index in [0.29, 0.717) is 23.0 Å². The highest BCUT2D eigenvalue weighted by Gasteiger charge is 2.22. The van der Waals surface area contributed by atoms with E-state index in [9.17, 15) is 4.79 Å². The lowest BCUT2D eigenvalue weighted by Gasteiger charge is -2.07. The highest BCUT2D eigenvalue weighted by molar-refractivity contribution is 7.16. The molecule has 1 aromatic heterocycles. The molecule has 15 heavy (non-hydrogen) atoms. The summed E-state index contributed by atoms with van der Waals surface area (Å²) >= 11 is 6.91. The zero-order valence-electron chi connectivity index (χ0n) is 7.58. The van der Waals surface area contributed by atoms with Crippen LogP contribution in [0.5, 0.6) is 0 Å². The number of halogens is 1. The Morgan fingerprint density at radius 3 is 3.07 bits per heavy atom. The van der Waals surface area contributed by atoms with Crippen molar-refractivity contribution >= 4 is 34.0 Å². The quantitative estimate of drug-likeness (QED) is 0.810. The maximum atomic E-state index is 10.9. The van der Waals surface area contributed by atoms with Gasteiger partial charge in [-0.25, -0.2) is 4.98 Å². The van der Waals surface area contributed by atoms with Crippen LogP contribution in [0.1, 0.15) is 11.3 Å². The Morgan fingerprint density at radius 2 is 2.53 bits per heavy atom. The number of amides is 1. The van der Waals surface area contributed by atoms with Crippen LogP contribution in [0.3, 0.4) is 0 Å². The Balaban J connectivity index is 2.05. The topological polar surface area (TPSA) is 77.8 Å². The van der Waals surface area contributed by atoms with E-state index in [1.807, 2.05) is 6.07 Å². The van der Waals surface area contributed by atoms with E-state index >= 15 is 0 Å². The summed E-state index contributed by atoms with van der Waals surface area (Å²) in [6.07, 6.45) is 0.430. The number of nitrogens with zero attached hydrogens (tertiary/aromatic N) is 2. The summed E-state index contributed by atoms with van der Waals surface area (Å²) in [5, 5.41) is 15.2. The number of hydrogen-bond donors (Lipinski definition) is 2. The molecule has 1 amide bonds. The third-order valence-corrected chi connectivity index (χ3v) is 3.27. The number of thiazole rings is 1.